The first-order chi connectivity index (χ1) is 17.7. The van der Waals surface area contributed by atoms with E-state index in [1.165, 1.54) is 11.1 Å². The summed E-state index contributed by atoms with van der Waals surface area (Å²) >= 11 is 0. The van der Waals surface area contributed by atoms with E-state index in [1.54, 1.807) is 0 Å². The van der Waals surface area contributed by atoms with Gasteiger partial charge in [0.1, 0.15) is 0 Å². The zero-order chi connectivity index (χ0) is 26.2. The largest absolute Gasteiger partial charge is 0.352 e. The van der Waals surface area contributed by atoms with Gasteiger partial charge in [-0.05, 0) is 85.9 Å². The minimum Gasteiger partial charge on any atom is -0.352 e. The van der Waals surface area contributed by atoms with Crippen LogP contribution in [0.15, 0.2) is 60.9 Å². The minimum atomic E-state index is -0.303. The van der Waals surface area contributed by atoms with Crippen LogP contribution in [0.4, 0.5) is 4.79 Å². The second-order valence-electron chi connectivity index (χ2n) is 11.4. The molecule has 1 aliphatic carbocycles. The minimum absolute atomic E-state index is 0.0323. The van der Waals surface area contributed by atoms with Crippen LogP contribution in [-0.2, 0) is 24.3 Å². The standard InChI is InChI=1S/C31H36N4O2/c1-20-14-23(17-32-16-20)24-11-10-22(18-33-29(36)27-15-26(27)21-8-6-5-7-9-21)28-19-35(13-12-25(24)28)30(37)34-31(2,3)4/h5-11,14,16-17,26-27H,12-13,15,18-19H2,1-4H3,(H,33,36)(H,34,37)/t26-,27+/m0/s1. The van der Waals surface area contributed by atoms with Gasteiger partial charge in [0.15, 0.2) is 0 Å². The van der Waals surface area contributed by atoms with Crippen LogP contribution in [0, 0.1) is 12.8 Å². The van der Waals surface area contributed by atoms with E-state index in [2.05, 4.69) is 45.9 Å². The molecule has 192 valence electrons. The summed E-state index contributed by atoms with van der Waals surface area (Å²) in [4.78, 5) is 32.3. The smallest absolute Gasteiger partial charge is 0.318 e. The van der Waals surface area contributed by atoms with E-state index >= 15 is 0 Å². The normalized spacial score (nSPS) is 18.6. The number of rotatable bonds is 5. The molecule has 0 spiro atoms. The van der Waals surface area contributed by atoms with Gasteiger partial charge in [0, 0.05) is 49.0 Å². The van der Waals surface area contributed by atoms with Gasteiger partial charge in [-0.3, -0.25) is 9.78 Å². The van der Waals surface area contributed by atoms with Gasteiger partial charge in [0.05, 0.1) is 0 Å². The molecule has 0 saturated heterocycles. The Labute approximate surface area is 219 Å². The monoisotopic (exact) mass is 496 g/mol. The third-order valence-electron chi connectivity index (χ3n) is 7.27. The highest BCUT2D eigenvalue weighted by Gasteiger charge is 2.43. The molecule has 5 rings (SSSR count). The first-order valence-electron chi connectivity index (χ1n) is 13.1. The van der Waals surface area contributed by atoms with E-state index in [-0.39, 0.29) is 23.4 Å². The summed E-state index contributed by atoms with van der Waals surface area (Å²) in [5.41, 5.74) is 7.73. The van der Waals surface area contributed by atoms with Crippen molar-refractivity contribution in [2.24, 2.45) is 5.92 Å². The van der Waals surface area contributed by atoms with Crippen molar-refractivity contribution >= 4 is 11.9 Å². The van der Waals surface area contributed by atoms with E-state index in [0.29, 0.717) is 25.6 Å². The van der Waals surface area contributed by atoms with E-state index in [4.69, 9.17) is 0 Å². The molecule has 2 heterocycles. The Balaban J connectivity index is 1.38. The number of nitrogens with zero attached hydrogens (tertiary/aromatic N) is 2. The summed E-state index contributed by atoms with van der Waals surface area (Å²) in [6.45, 7) is 9.66. The zero-order valence-corrected chi connectivity index (χ0v) is 22.2. The Morgan fingerprint density at radius 2 is 1.84 bits per heavy atom. The highest BCUT2D eigenvalue weighted by molar-refractivity contribution is 5.83. The molecule has 37 heavy (non-hydrogen) atoms. The van der Waals surface area contributed by atoms with Crippen LogP contribution in [0.3, 0.4) is 0 Å². The Hall–Kier alpha value is -3.67. The number of aromatic nitrogens is 1. The molecule has 1 saturated carbocycles. The van der Waals surface area contributed by atoms with Gasteiger partial charge in [-0.1, -0.05) is 42.5 Å². The number of benzene rings is 2. The van der Waals surface area contributed by atoms with E-state index in [1.807, 2.05) is 63.2 Å². The molecule has 2 aromatic carbocycles. The first kappa shape index (κ1) is 25.0. The number of fused-ring (bicyclic) bond motifs is 1. The summed E-state index contributed by atoms with van der Waals surface area (Å²) in [6.07, 6.45) is 5.42. The lowest BCUT2D eigenvalue weighted by atomic mass is 9.87. The lowest BCUT2D eigenvalue weighted by molar-refractivity contribution is -0.122. The Morgan fingerprint density at radius 1 is 1.05 bits per heavy atom. The van der Waals surface area contributed by atoms with Gasteiger partial charge >= 0.3 is 6.03 Å². The lowest BCUT2D eigenvalue weighted by Crippen LogP contribution is -2.50. The van der Waals surface area contributed by atoms with Crippen molar-refractivity contribution in [3.8, 4) is 11.1 Å². The number of hydrogen-bond acceptors (Lipinski definition) is 3. The molecule has 2 atom stereocenters. The third-order valence-corrected chi connectivity index (χ3v) is 7.27. The third kappa shape index (κ3) is 5.68. The number of amides is 3. The Bertz CT molecular complexity index is 1310. The predicted octanol–water partition coefficient (Wildman–Crippen LogP) is 5.34. The van der Waals surface area contributed by atoms with Crippen molar-refractivity contribution in [1.29, 1.82) is 0 Å². The molecule has 3 amide bonds. The molecule has 1 fully saturated rings. The Morgan fingerprint density at radius 3 is 2.57 bits per heavy atom. The molecule has 2 N–H and O–H groups in total. The van der Waals surface area contributed by atoms with Crippen molar-refractivity contribution in [2.45, 2.75) is 65.1 Å². The van der Waals surface area contributed by atoms with Gasteiger partial charge in [0.2, 0.25) is 5.91 Å². The molecule has 6 heteroatoms. The van der Waals surface area contributed by atoms with Crippen LogP contribution in [0.25, 0.3) is 11.1 Å². The molecular weight excluding hydrogens is 460 g/mol. The van der Waals surface area contributed by atoms with Crippen LogP contribution in [0.1, 0.15) is 60.9 Å². The average molecular weight is 497 g/mol. The molecule has 1 aromatic heterocycles. The number of urea groups is 1. The fraction of sp³-hybridized carbons (Fsp3) is 0.387. The van der Waals surface area contributed by atoms with Gasteiger partial charge in [-0.2, -0.15) is 0 Å². The number of aryl methyl sites for hydroxylation is 1. The highest BCUT2D eigenvalue weighted by atomic mass is 16.2. The summed E-state index contributed by atoms with van der Waals surface area (Å²) in [5.74, 6) is 0.445. The quantitative estimate of drug-likeness (QED) is 0.501. The topological polar surface area (TPSA) is 74.3 Å². The number of nitrogens with one attached hydrogen (secondary N) is 2. The molecule has 0 bridgehead atoms. The molecule has 6 nitrogen and oxygen atoms in total. The second kappa shape index (κ2) is 10.0. The summed E-state index contributed by atoms with van der Waals surface area (Å²) in [6, 6.07) is 16.6. The maximum absolute atomic E-state index is 13.0. The molecule has 2 aliphatic rings. The molecule has 1 aliphatic heterocycles. The maximum Gasteiger partial charge on any atom is 0.318 e. The van der Waals surface area contributed by atoms with Crippen LogP contribution < -0.4 is 10.6 Å². The lowest BCUT2D eigenvalue weighted by Gasteiger charge is -2.34. The predicted molar refractivity (Wildman–Crippen MR) is 146 cm³/mol. The van der Waals surface area contributed by atoms with Crippen LogP contribution in [0.2, 0.25) is 0 Å². The van der Waals surface area contributed by atoms with Crippen molar-refractivity contribution < 1.29 is 9.59 Å². The maximum atomic E-state index is 13.0. The van der Waals surface area contributed by atoms with Gasteiger partial charge in [-0.25, -0.2) is 4.79 Å². The fourth-order valence-corrected chi connectivity index (χ4v) is 5.32. The SMILES string of the molecule is Cc1cncc(-c2ccc(CNC(=O)[C@@H]3C[C@H]3c3ccccc3)c3c2CCN(C(=O)NC(C)(C)C)C3)c1. The van der Waals surface area contributed by atoms with Gasteiger partial charge < -0.3 is 15.5 Å². The average Bonchev–Trinajstić information content (AvgIpc) is 3.67. The molecule has 0 radical (unpaired) electrons. The van der Waals surface area contributed by atoms with Crippen LogP contribution in [-0.4, -0.2) is 33.9 Å². The van der Waals surface area contributed by atoms with Crippen molar-refractivity contribution in [2.75, 3.05) is 6.54 Å². The van der Waals surface area contributed by atoms with Crippen molar-refractivity contribution in [3.05, 3.63) is 88.7 Å². The van der Waals surface area contributed by atoms with E-state index in [9.17, 15) is 9.59 Å². The van der Waals surface area contributed by atoms with Gasteiger partial charge in [0.25, 0.3) is 0 Å². The van der Waals surface area contributed by atoms with E-state index < -0.39 is 0 Å². The van der Waals surface area contributed by atoms with E-state index in [0.717, 1.165) is 40.7 Å². The molecular formula is C31H36N4O2. The number of hydrogen-bond donors (Lipinski definition) is 2. The van der Waals surface area contributed by atoms with Gasteiger partial charge in [-0.15, -0.1) is 0 Å². The zero-order valence-electron chi connectivity index (χ0n) is 22.2. The summed E-state index contributed by atoms with van der Waals surface area (Å²) in [5, 5.41) is 6.29. The number of carbonyl (C=O) groups is 2. The number of pyridine rings is 1. The van der Waals surface area contributed by atoms with Crippen molar-refractivity contribution in [1.82, 2.24) is 20.5 Å². The summed E-state index contributed by atoms with van der Waals surface area (Å²) in [7, 11) is 0. The summed E-state index contributed by atoms with van der Waals surface area (Å²) < 4.78 is 0. The second-order valence-corrected chi connectivity index (χ2v) is 11.4. The first-order valence-corrected chi connectivity index (χ1v) is 13.1. The number of carbonyl (C=O) groups excluding carboxylic acids is 2. The van der Waals surface area contributed by atoms with Crippen molar-refractivity contribution in [3.63, 3.8) is 0 Å². The molecule has 3 aromatic rings. The van der Waals surface area contributed by atoms with Crippen LogP contribution >= 0.6 is 0 Å². The highest BCUT2D eigenvalue weighted by Crippen LogP contribution is 2.47. The van der Waals surface area contributed by atoms with Crippen LogP contribution in [0.5, 0.6) is 0 Å². The Kier molecular flexibility index (Phi) is 6.76. The fourth-order valence-electron chi connectivity index (χ4n) is 5.32. The molecule has 0 unspecified atom stereocenters.